The van der Waals surface area contributed by atoms with Gasteiger partial charge in [0.05, 0.1) is 37.8 Å². The Bertz CT molecular complexity index is 771. The van der Waals surface area contributed by atoms with E-state index in [1.165, 1.54) is 63.1 Å². The first kappa shape index (κ1) is 27.1. The van der Waals surface area contributed by atoms with Crippen molar-refractivity contribution in [3.05, 3.63) is 11.8 Å². The smallest absolute Gasteiger partial charge is 0.313 e. The fourth-order valence-corrected chi connectivity index (χ4v) is 5.69. The van der Waals surface area contributed by atoms with Gasteiger partial charge in [-0.15, -0.1) is 4.37 Å². The lowest BCUT2D eigenvalue weighted by molar-refractivity contribution is -0.944. The molecule has 2 unspecified atom stereocenters. The molecule has 2 atom stereocenters. The summed E-state index contributed by atoms with van der Waals surface area (Å²) in [5, 5.41) is 0. The summed E-state index contributed by atoms with van der Waals surface area (Å²) in [5.74, 6) is 0.727. The number of unbranched alkanes of at least 4 members (excludes halogenated alkanes) is 3. The van der Waals surface area contributed by atoms with E-state index < -0.39 is 0 Å². The summed E-state index contributed by atoms with van der Waals surface area (Å²) in [7, 11) is 2.20. The van der Waals surface area contributed by atoms with Gasteiger partial charge in [0.25, 0.3) is 5.88 Å². The summed E-state index contributed by atoms with van der Waals surface area (Å²) in [6.45, 7) is 6.69. The Balaban J connectivity index is 1.56. The first-order valence-electron chi connectivity index (χ1n) is 13.7. The van der Waals surface area contributed by atoms with E-state index in [2.05, 4.69) is 35.7 Å². The van der Waals surface area contributed by atoms with Crippen molar-refractivity contribution in [1.82, 2.24) is 8.75 Å². The van der Waals surface area contributed by atoms with Crippen LogP contribution in [0.25, 0.3) is 5.57 Å². The lowest BCUT2D eigenvalue weighted by atomic mass is 9.92. The Morgan fingerprint density at radius 1 is 1.09 bits per heavy atom. The summed E-state index contributed by atoms with van der Waals surface area (Å²) < 4.78 is 21.8. The molecule has 1 fully saturated rings. The predicted molar refractivity (Wildman–Crippen MR) is 139 cm³/mol. The Morgan fingerprint density at radius 3 is 2.50 bits per heavy atom. The Morgan fingerprint density at radius 2 is 1.79 bits per heavy atom. The summed E-state index contributed by atoms with van der Waals surface area (Å²) in [4.78, 5) is 13.1. The molecule has 1 aliphatic carbocycles. The molecule has 1 saturated carbocycles. The SMILES string of the molecule is CCCCCCOc1nsnc1C1=CCC[N+](C)(C(C)OC(=O)C2CCCCCCCCC2)C1. The van der Waals surface area contributed by atoms with E-state index in [1.54, 1.807) is 0 Å². The number of quaternary nitrogens is 1. The molecule has 0 spiro atoms. The van der Waals surface area contributed by atoms with Crippen LogP contribution in [-0.2, 0) is 9.53 Å². The molecule has 2 aliphatic rings. The quantitative estimate of drug-likeness (QED) is 0.205. The van der Waals surface area contributed by atoms with Gasteiger partial charge >= 0.3 is 5.97 Å². The fraction of sp³-hybridized carbons (Fsp3) is 0.815. The fourth-order valence-electron chi connectivity index (χ4n) is 5.15. The van der Waals surface area contributed by atoms with E-state index >= 15 is 0 Å². The largest absolute Gasteiger partial charge is 0.475 e. The average molecular weight is 493 g/mol. The van der Waals surface area contributed by atoms with Crippen molar-refractivity contribution in [2.45, 2.75) is 110 Å². The van der Waals surface area contributed by atoms with Gasteiger partial charge in [-0.3, -0.25) is 9.28 Å². The highest BCUT2D eigenvalue weighted by atomic mass is 32.1. The number of nitrogens with zero attached hydrogens (tertiary/aromatic N) is 3. The molecule has 3 rings (SSSR count). The number of hydrogen-bond donors (Lipinski definition) is 0. The molecule has 192 valence electrons. The predicted octanol–water partition coefficient (Wildman–Crippen LogP) is 6.76. The minimum absolute atomic E-state index is 0.00922. The van der Waals surface area contributed by atoms with E-state index in [-0.39, 0.29) is 18.1 Å². The summed E-state index contributed by atoms with van der Waals surface area (Å²) in [6.07, 6.45) is 18.4. The van der Waals surface area contributed by atoms with Crippen LogP contribution < -0.4 is 4.74 Å². The summed E-state index contributed by atoms with van der Waals surface area (Å²) >= 11 is 1.21. The van der Waals surface area contributed by atoms with Crippen molar-refractivity contribution in [3.8, 4) is 5.88 Å². The lowest BCUT2D eigenvalue weighted by Gasteiger charge is -2.41. The second-order valence-electron chi connectivity index (χ2n) is 10.5. The third kappa shape index (κ3) is 8.04. The van der Waals surface area contributed by atoms with Crippen molar-refractivity contribution < 1.29 is 18.8 Å². The number of likely N-dealkylation sites (N-methyl/N-ethyl adjacent to an activating group) is 1. The molecule has 7 heteroatoms. The zero-order chi connectivity index (χ0) is 24.2. The van der Waals surface area contributed by atoms with Crippen molar-refractivity contribution in [2.24, 2.45) is 5.92 Å². The standard InChI is InChI=1S/C27H46N3O3S/c1-4-5-6-14-20-32-26-25(28-34-29-26)24-18-15-19-30(3,21-24)22(2)33-27(31)23-16-12-10-8-7-9-11-13-17-23/h18,22-23H,4-17,19-21H2,1-3H3/q+1. The van der Waals surface area contributed by atoms with Crippen LogP contribution in [0.4, 0.5) is 0 Å². The maximum absolute atomic E-state index is 13.1. The summed E-state index contributed by atoms with van der Waals surface area (Å²) in [5.41, 5.74) is 2.03. The zero-order valence-corrected chi connectivity index (χ0v) is 22.5. The molecule has 0 radical (unpaired) electrons. The first-order valence-corrected chi connectivity index (χ1v) is 14.5. The second-order valence-corrected chi connectivity index (χ2v) is 11.0. The van der Waals surface area contributed by atoms with Crippen molar-refractivity contribution in [1.29, 1.82) is 0 Å². The lowest BCUT2D eigenvalue weighted by Crippen LogP contribution is -2.55. The molecular weight excluding hydrogens is 446 g/mol. The van der Waals surface area contributed by atoms with E-state index in [0.717, 1.165) is 62.9 Å². The summed E-state index contributed by atoms with van der Waals surface area (Å²) in [6, 6.07) is 0. The van der Waals surface area contributed by atoms with E-state index in [1.807, 2.05) is 0 Å². The minimum Gasteiger partial charge on any atom is -0.475 e. The normalized spacial score (nSPS) is 23.7. The molecule has 0 bridgehead atoms. The molecule has 0 N–H and O–H groups in total. The van der Waals surface area contributed by atoms with Gasteiger partial charge < -0.3 is 9.47 Å². The molecule has 0 amide bonds. The minimum atomic E-state index is -0.184. The Hall–Kier alpha value is -1.47. The van der Waals surface area contributed by atoms with Crippen LogP contribution in [0.2, 0.25) is 0 Å². The number of ether oxygens (including phenoxy) is 2. The van der Waals surface area contributed by atoms with E-state index in [4.69, 9.17) is 9.47 Å². The van der Waals surface area contributed by atoms with E-state index in [9.17, 15) is 4.79 Å². The number of esters is 1. The Kier molecular flexibility index (Phi) is 11.3. The highest BCUT2D eigenvalue weighted by Crippen LogP contribution is 2.32. The molecule has 0 saturated heterocycles. The third-order valence-corrected chi connectivity index (χ3v) is 8.18. The number of rotatable bonds is 10. The van der Waals surface area contributed by atoms with Gasteiger partial charge in [-0.1, -0.05) is 77.2 Å². The van der Waals surface area contributed by atoms with Gasteiger partial charge in [0.15, 0.2) is 0 Å². The van der Waals surface area contributed by atoms with Gasteiger partial charge in [-0.05, 0) is 19.3 Å². The number of hydrogen-bond acceptors (Lipinski definition) is 6. The average Bonchev–Trinajstić information content (AvgIpc) is 3.31. The van der Waals surface area contributed by atoms with Crippen molar-refractivity contribution in [3.63, 3.8) is 0 Å². The number of carbonyl (C=O) groups is 1. The molecular formula is C27H46N3O3S+. The number of aromatic nitrogens is 2. The maximum Gasteiger partial charge on any atom is 0.313 e. The molecule has 2 heterocycles. The Labute approximate surface area is 211 Å². The molecule has 34 heavy (non-hydrogen) atoms. The molecule has 1 aromatic rings. The van der Waals surface area contributed by atoms with Gasteiger partial charge in [-0.2, -0.15) is 4.37 Å². The van der Waals surface area contributed by atoms with E-state index in [0.29, 0.717) is 17.0 Å². The van der Waals surface area contributed by atoms with Gasteiger partial charge in [0.1, 0.15) is 12.2 Å². The highest BCUT2D eigenvalue weighted by molar-refractivity contribution is 6.99. The molecule has 0 aromatic carbocycles. The van der Waals surface area contributed by atoms with Crippen molar-refractivity contribution >= 4 is 23.3 Å². The van der Waals surface area contributed by atoms with Crippen LogP contribution in [0.3, 0.4) is 0 Å². The third-order valence-electron chi connectivity index (χ3n) is 7.66. The van der Waals surface area contributed by atoms with Crippen LogP contribution in [0.15, 0.2) is 6.08 Å². The molecule has 1 aliphatic heterocycles. The molecule has 6 nitrogen and oxygen atoms in total. The zero-order valence-electron chi connectivity index (χ0n) is 21.7. The number of carbonyl (C=O) groups excluding carboxylic acids is 1. The van der Waals surface area contributed by atoms with Crippen LogP contribution in [0.1, 0.15) is 109 Å². The van der Waals surface area contributed by atoms with Gasteiger partial charge in [0.2, 0.25) is 6.23 Å². The van der Waals surface area contributed by atoms with Gasteiger partial charge in [0, 0.05) is 18.9 Å². The molecule has 1 aromatic heterocycles. The first-order chi connectivity index (χ1) is 16.5. The van der Waals surface area contributed by atoms with Crippen LogP contribution >= 0.6 is 11.7 Å². The van der Waals surface area contributed by atoms with Gasteiger partial charge in [-0.25, -0.2) is 0 Å². The van der Waals surface area contributed by atoms with Crippen LogP contribution in [0, 0.1) is 5.92 Å². The van der Waals surface area contributed by atoms with Crippen molar-refractivity contribution in [2.75, 3.05) is 26.7 Å². The van der Waals surface area contributed by atoms with Crippen LogP contribution in [-0.4, -0.2) is 52.2 Å². The second kappa shape index (κ2) is 14.2. The highest BCUT2D eigenvalue weighted by Gasteiger charge is 2.37. The monoisotopic (exact) mass is 492 g/mol. The van der Waals surface area contributed by atoms with Crippen LogP contribution in [0.5, 0.6) is 5.88 Å². The maximum atomic E-state index is 13.1. The topological polar surface area (TPSA) is 61.3 Å².